The molecule has 1 aliphatic heterocycles. The van der Waals surface area contributed by atoms with Crippen LogP contribution < -0.4 is 5.32 Å². The summed E-state index contributed by atoms with van der Waals surface area (Å²) in [5.74, 6) is -1.86. The highest BCUT2D eigenvalue weighted by atomic mass is 19.2. The molecule has 0 aromatic heterocycles. The minimum Gasteiger partial charge on any atom is -0.329 e. The third-order valence-corrected chi connectivity index (χ3v) is 1.01. The molecule has 0 radical (unpaired) electrons. The van der Waals surface area contributed by atoms with Gasteiger partial charge in [-0.3, -0.25) is 0 Å². The molecule has 0 bridgehead atoms. The first-order chi connectivity index (χ1) is 4.27. The SMILES string of the molecule is COC1(F)C=CN=CN1. The second kappa shape index (κ2) is 2.14. The molecule has 9 heavy (non-hydrogen) atoms. The van der Waals surface area contributed by atoms with E-state index in [1.807, 2.05) is 0 Å². The van der Waals surface area contributed by atoms with Crippen LogP contribution in [0, 0.1) is 0 Å². The van der Waals surface area contributed by atoms with E-state index in [0.717, 1.165) is 0 Å². The van der Waals surface area contributed by atoms with Crippen LogP contribution in [0.2, 0.25) is 0 Å². The maximum Gasteiger partial charge on any atom is 0.310 e. The minimum absolute atomic E-state index is 1.19. The second-order valence-electron chi connectivity index (χ2n) is 1.59. The molecular weight excluding hydrogens is 123 g/mol. The van der Waals surface area contributed by atoms with Crippen LogP contribution in [-0.4, -0.2) is 19.4 Å². The van der Waals surface area contributed by atoms with Crippen molar-refractivity contribution < 1.29 is 9.13 Å². The van der Waals surface area contributed by atoms with E-state index < -0.39 is 5.98 Å². The van der Waals surface area contributed by atoms with Crippen molar-refractivity contribution in [1.29, 1.82) is 0 Å². The Labute approximate surface area is 52.2 Å². The van der Waals surface area contributed by atoms with Gasteiger partial charge in [0.2, 0.25) is 0 Å². The third kappa shape index (κ3) is 1.26. The average Bonchev–Trinajstić information content (AvgIpc) is 1.90. The Kier molecular flexibility index (Phi) is 1.48. The third-order valence-electron chi connectivity index (χ3n) is 1.01. The molecule has 0 saturated heterocycles. The summed E-state index contributed by atoms with van der Waals surface area (Å²) in [5, 5.41) is 2.28. The van der Waals surface area contributed by atoms with Crippen LogP contribution in [0.15, 0.2) is 17.3 Å². The van der Waals surface area contributed by atoms with E-state index in [9.17, 15) is 4.39 Å². The number of aliphatic imine (C=N–C) groups is 1. The molecule has 0 saturated carbocycles. The van der Waals surface area contributed by atoms with Crippen LogP contribution in [-0.2, 0) is 4.74 Å². The van der Waals surface area contributed by atoms with Crippen molar-refractivity contribution in [2.45, 2.75) is 5.98 Å². The van der Waals surface area contributed by atoms with Gasteiger partial charge in [0.25, 0.3) is 0 Å². The van der Waals surface area contributed by atoms with E-state index in [-0.39, 0.29) is 0 Å². The van der Waals surface area contributed by atoms with Crippen LogP contribution in [0.1, 0.15) is 0 Å². The van der Waals surface area contributed by atoms with Crippen molar-refractivity contribution in [2.24, 2.45) is 4.99 Å². The van der Waals surface area contributed by atoms with Crippen molar-refractivity contribution in [3.8, 4) is 0 Å². The van der Waals surface area contributed by atoms with Crippen LogP contribution in [0.3, 0.4) is 0 Å². The number of ether oxygens (including phenoxy) is 1. The van der Waals surface area contributed by atoms with Gasteiger partial charge >= 0.3 is 5.98 Å². The lowest BCUT2D eigenvalue weighted by Gasteiger charge is -2.20. The standard InChI is InChI=1S/C5H7FN2O/c1-9-5(6)2-3-7-4-8-5/h2-4H,1H3,(H,7,8). The Morgan fingerprint density at radius 3 is 2.89 bits per heavy atom. The molecule has 0 aliphatic carbocycles. The summed E-state index contributed by atoms with van der Waals surface area (Å²) in [4.78, 5) is 3.58. The number of alkyl halides is 1. The largest absolute Gasteiger partial charge is 0.329 e. The molecular formula is C5H7FN2O. The first-order valence-electron chi connectivity index (χ1n) is 2.48. The lowest BCUT2D eigenvalue weighted by molar-refractivity contribution is -0.0909. The predicted octanol–water partition coefficient (Wildman–Crippen LogP) is 0.401. The van der Waals surface area contributed by atoms with Gasteiger partial charge in [0.05, 0.1) is 6.34 Å². The van der Waals surface area contributed by atoms with E-state index >= 15 is 0 Å². The Hall–Kier alpha value is -0.900. The van der Waals surface area contributed by atoms with Gasteiger partial charge in [0.1, 0.15) is 0 Å². The molecule has 0 amide bonds. The summed E-state index contributed by atoms with van der Waals surface area (Å²) < 4.78 is 17.2. The van der Waals surface area contributed by atoms with Crippen molar-refractivity contribution in [2.75, 3.05) is 7.11 Å². The summed E-state index contributed by atoms with van der Waals surface area (Å²) in [6.07, 6.45) is 3.76. The van der Waals surface area contributed by atoms with Crippen molar-refractivity contribution >= 4 is 6.34 Å². The summed E-state index contributed by atoms with van der Waals surface area (Å²) in [7, 11) is 1.27. The van der Waals surface area contributed by atoms with Crippen LogP contribution in [0.5, 0.6) is 0 Å². The lowest BCUT2D eigenvalue weighted by Crippen LogP contribution is -2.41. The zero-order valence-electron chi connectivity index (χ0n) is 4.97. The molecule has 1 aliphatic rings. The quantitative estimate of drug-likeness (QED) is 0.521. The van der Waals surface area contributed by atoms with Gasteiger partial charge in [-0.15, -0.1) is 0 Å². The highest BCUT2D eigenvalue weighted by molar-refractivity contribution is 5.57. The first-order valence-corrected chi connectivity index (χ1v) is 2.48. The fourth-order valence-corrected chi connectivity index (χ4v) is 0.482. The van der Waals surface area contributed by atoms with Gasteiger partial charge in [0, 0.05) is 19.4 Å². The molecule has 3 nitrogen and oxygen atoms in total. The van der Waals surface area contributed by atoms with E-state index in [1.54, 1.807) is 0 Å². The Morgan fingerprint density at radius 1 is 1.78 bits per heavy atom. The van der Waals surface area contributed by atoms with Crippen molar-refractivity contribution in [3.63, 3.8) is 0 Å². The zero-order chi connectivity index (χ0) is 6.74. The topological polar surface area (TPSA) is 33.6 Å². The fourth-order valence-electron chi connectivity index (χ4n) is 0.482. The van der Waals surface area contributed by atoms with Gasteiger partial charge in [-0.2, -0.15) is 4.39 Å². The van der Waals surface area contributed by atoms with Gasteiger partial charge in [-0.05, 0) is 0 Å². The maximum absolute atomic E-state index is 12.8. The Balaban J connectivity index is 2.63. The summed E-state index contributed by atoms with van der Waals surface area (Å²) in [6.45, 7) is 0. The number of hydrogen-bond donors (Lipinski definition) is 1. The molecule has 1 rings (SSSR count). The lowest BCUT2D eigenvalue weighted by atomic mass is 10.4. The molecule has 1 unspecified atom stereocenters. The van der Waals surface area contributed by atoms with E-state index in [1.165, 1.54) is 25.7 Å². The highest BCUT2D eigenvalue weighted by Crippen LogP contribution is 2.10. The molecule has 1 atom stereocenters. The number of nitrogens with zero attached hydrogens (tertiary/aromatic N) is 1. The van der Waals surface area contributed by atoms with Crippen molar-refractivity contribution in [1.82, 2.24) is 5.32 Å². The number of rotatable bonds is 1. The smallest absolute Gasteiger partial charge is 0.310 e. The second-order valence-corrected chi connectivity index (χ2v) is 1.59. The molecule has 0 aromatic carbocycles. The van der Waals surface area contributed by atoms with E-state index in [0.29, 0.717) is 0 Å². The predicted molar refractivity (Wildman–Crippen MR) is 31.6 cm³/mol. The minimum atomic E-state index is -1.86. The zero-order valence-corrected chi connectivity index (χ0v) is 4.97. The molecule has 1 N–H and O–H groups in total. The normalized spacial score (nSPS) is 32.2. The summed E-state index contributed by atoms with van der Waals surface area (Å²) >= 11 is 0. The molecule has 1 heterocycles. The van der Waals surface area contributed by atoms with Crippen molar-refractivity contribution in [3.05, 3.63) is 12.3 Å². The molecule has 0 spiro atoms. The number of hydrogen-bond acceptors (Lipinski definition) is 3. The van der Waals surface area contributed by atoms with Gasteiger partial charge in [-0.25, -0.2) is 4.99 Å². The first kappa shape index (κ1) is 6.22. The Bertz CT molecular complexity index is 157. The molecule has 0 aromatic rings. The summed E-state index contributed by atoms with van der Waals surface area (Å²) in [6, 6.07) is 0. The Morgan fingerprint density at radius 2 is 2.56 bits per heavy atom. The van der Waals surface area contributed by atoms with Crippen LogP contribution >= 0.6 is 0 Å². The number of halogens is 1. The van der Waals surface area contributed by atoms with Crippen LogP contribution in [0.4, 0.5) is 4.39 Å². The molecule has 4 heteroatoms. The van der Waals surface area contributed by atoms with Gasteiger partial charge in [-0.1, -0.05) is 0 Å². The number of methoxy groups -OCH3 is 1. The molecule has 0 fully saturated rings. The highest BCUT2D eigenvalue weighted by Gasteiger charge is 2.24. The average molecular weight is 130 g/mol. The summed E-state index contributed by atoms with van der Waals surface area (Å²) in [5.41, 5.74) is 0. The maximum atomic E-state index is 12.8. The number of nitrogens with one attached hydrogen (secondary N) is 1. The van der Waals surface area contributed by atoms with Gasteiger partial charge in [0.15, 0.2) is 0 Å². The monoisotopic (exact) mass is 130 g/mol. The van der Waals surface area contributed by atoms with Gasteiger partial charge < -0.3 is 10.1 Å². The van der Waals surface area contributed by atoms with E-state index in [2.05, 4.69) is 15.0 Å². The molecule has 50 valence electrons. The van der Waals surface area contributed by atoms with E-state index in [4.69, 9.17) is 0 Å². The van der Waals surface area contributed by atoms with Crippen LogP contribution in [0.25, 0.3) is 0 Å². The fraction of sp³-hybridized carbons (Fsp3) is 0.400.